The first-order chi connectivity index (χ1) is 11.5. The Morgan fingerprint density at radius 2 is 2.00 bits per heavy atom. The molecule has 24 heavy (non-hydrogen) atoms. The summed E-state index contributed by atoms with van der Waals surface area (Å²) in [5.74, 6) is -1.11. The Labute approximate surface area is 136 Å². The third-order valence-electron chi connectivity index (χ3n) is 5.85. The van der Waals surface area contributed by atoms with E-state index in [-0.39, 0.29) is 22.7 Å². The van der Waals surface area contributed by atoms with Gasteiger partial charge in [-0.1, -0.05) is 6.07 Å². The Morgan fingerprint density at radius 1 is 1.25 bits per heavy atom. The predicted molar refractivity (Wildman–Crippen MR) is 79.2 cm³/mol. The Bertz CT molecular complexity index is 964. The van der Waals surface area contributed by atoms with Crippen molar-refractivity contribution in [1.82, 2.24) is 14.3 Å². The highest BCUT2D eigenvalue weighted by Crippen LogP contribution is 2.70. The lowest BCUT2D eigenvalue weighted by Gasteiger charge is -2.65. The zero-order chi connectivity index (χ0) is 16.7. The van der Waals surface area contributed by atoms with Gasteiger partial charge in [0.15, 0.2) is 11.6 Å². The maximum absolute atomic E-state index is 13.5. The van der Waals surface area contributed by atoms with Crippen molar-refractivity contribution in [3.63, 3.8) is 0 Å². The van der Waals surface area contributed by atoms with Gasteiger partial charge in [0.2, 0.25) is 0 Å². The summed E-state index contributed by atoms with van der Waals surface area (Å²) in [6.07, 6.45) is 3.33. The van der Waals surface area contributed by atoms with Crippen molar-refractivity contribution in [3.05, 3.63) is 51.7 Å². The Balaban J connectivity index is 1.54. The normalized spacial score (nSPS) is 32.6. The molecule has 122 valence electrons. The van der Waals surface area contributed by atoms with Crippen molar-refractivity contribution in [2.24, 2.45) is 5.41 Å². The molecule has 0 N–H and O–H groups in total. The van der Waals surface area contributed by atoms with Crippen LogP contribution in [-0.2, 0) is 12.0 Å². The van der Waals surface area contributed by atoms with E-state index < -0.39 is 11.6 Å². The minimum absolute atomic E-state index is 0.205. The fraction of sp³-hybridized carbons (Fsp3) is 0.471. The number of benzene rings is 1. The highest BCUT2D eigenvalue weighted by Gasteiger charge is 2.71. The summed E-state index contributed by atoms with van der Waals surface area (Å²) in [6.45, 7) is 0. The van der Waals surface area contributed by atoms with Gasteiger partial charge < -0.3 is 0 Å². The molecular formula is C17H14F2N4O. The van der Waals surface area contributed by atoms with Gasteiger partial charge in [-0.2, -0.15) is 10.4 Å². The monoisotopic (exact) mass is 328 g/mol. The molecule has 1 aliphatic heterocycles. The molecule has 5 nitrogen and oxygen atoms in total. The summed E-state index contributed by atoms with van der Waals surface area (Å²) < 4.78 is 29.8. The number of aryl methyl sites for hydroxylation is 1. The minimum Gasteiger partial charge on any atom is -0.271 e. The Hall–Kier alpha value is -2.49. The zero-order valence-corrected chi connectivity index (χ0v) is 12.8. The second kappa shape index (κ2) is 4.12. The van der Waals surface area contributed by atoms with Crippen LogP contribution in [0.15, 0.2) is 23.0 Å². The van der Waals surface area contributed by atoms with Crippen molar-refractivity contribution in [1.29, 1.82) is 5.26 Å². The van der Waals surface area contributed by atoms with Gasteiger partial charge in [0, 0.05) is 6.42 Å². The molecule has 1 aromatic carbocycles. The van der Waals surface area contributed by atoms with Gasteiger partial charge in [-0.25, -0.2) is 18.3 Å². The van der Waals surface area contributed by atoms with Crippen LogP contribution in [0.5, 0.6) is 0 Å². The molecule has 0 unspecified atom stereocenters. The van der Waals surface area contributed by atoms with Gasteiger partial charge in [-0.05, 0) is 43.4 Å². The lowest BCUT2D eigenvalue weighted by Crippen LogP contribution is -2.69. The second-order valence-electron chi connectivity index (χ2n) is 7.36. The quantitative estimate of drug-likeness (QED) is 0.849. The number of fused-ring (bicyclic) bond motifs is 1. The summed E-state index contributed by atoms with van der Waals surface area (Å²) in [4.78, 5) is 12.9. The summed E-state index contributed by atoms with van der Waals surface area (Å²) in [5.41, 5.74) is -0.181. The van der Waals surface area contributed by atoms with Crippen LogP contribution >= 0.6 is 0 Å². The second-order valence-corrected chi connectivity index (χ2v) is 7.36. The van der Waals surface area contributed by atoms with E-state index in [0.29, 0.717) is 43.5 Å². The standard InChI is InChI=1S/C17H14F2N4O/c18-11-2-1-10(5-12(11)19)13-3-4-14-21-23(15(24)22(13)14)17-6-16(7-17,8-17)9-20/h1-2,5,13H,3-4,6-8H2/t13-,16?,17?/m0/s1. The fourth-order valence-corrected chi connectivity index (χ4v) is 4.72. The van der Waals surface area contributed by atoms with E-state index in [2.05, 4.69) is 11.2 Å². The van der Waals surface area contributed by atoms with E-state index >= 15 is 0 Å². The number of nitriles is 1. The van der Waals surface area contributed by atoms with Crippen LogP contribution < -0.4 is 5.69 Å². The van der Waals surface area contributed by atoms with Gasteiger partial charge in [-0.3, -0.25) is 4.57 Å². The Kier molecular flexibility index (Phi) is 2.39. The maximum atomic E-state index is 13.5. The molecule has 6 rings (SSSR count). The van der Waals surface area contributed by atoms with Crippen molar-refractivity contribution >= 4 is 0 Å². The van der Waals surface area contributed by atoms with Crippen LogP contribution in [0, 0.1) is 28.4 Å². The van der Waals surface area contributed by atoms with Gasteiger partial charge in [0.05, 0.1) is 23.1 Å². The zero-order valence-electron chi connectivity index (χ0n) is 12.8. The summed E-state index contributed by atoms with van der Waals surface area (Å²) in [7, 11) is 0. The van der Waals surface area contributed by atoms with E-state index in [1.165, 1.54) is 10.7 Å². The highest BCUT2D eigenvalue weighted by atomic mass is 19.2. The first-order valence-electron chi connectivity index (χ1n) is 8.04. The summed E-state index contributed by atoms with van der Waals surface area (Å²) >= 11 is 0. The van der Waals surface area contributed by atoms with Gasteiger partial charge in [-0.15, -0.1) is 0 Å². The van der Waals surface area contributed by atoms with E-state index in [0.717, 1.165) is 12.1 Å². The molecule has 0 amide bonds. The van der Waals surface area contributed by atoms with Crippen LogP contribution in [0.4, 0.5) is 8.78 Å². The smallest absolute Gasteiger partial charge is 0.271 e. The van der Waals surface area contributed by atoms with E-state index in [9.17, 15) is 13.6 Å². The molecule has 2 bridgehead atoms. The highest BCUT2D eigenvalue weighted by molar-refractivity contribution is 5.29. The molecule has 3 aliphatic carbocycles. The van der Waals surface area contributed by atoms with Gasteiger partial charge in [0.1, 0.15) is 5.82 Å². The molecule has 1 atom stereocenters. The molecule has 7 heteroatoms. The van der Waals surface area contributed by atoms with E-state index in [4.69, 9.17) is 5.26 Å². The van der Waals surface area contributed by atoms with Crippen LogP contribution in [0.1, 0.15) is 43.1 Å². The van der Waals surface area contributed by atoms with E-state index in [1.807, 2.05) is 0 Å². The first kappa shape index (κ1) is 13.9. The van der Waals surface area contributed by atoms with Gasteiger partial charge >= 0.3 is 5.69 Å². The maximum Gasteiger partial charge on any atom is 0.347 e. The molecule has 0 saturated heterocycles. The fourth-order valence-electron chi connectivity index (χ4n) is 4.72. The number of nitrogens with zero attached hydrogens (tertiary/aromatic N) is 4. The van der Waals surface area contributed by atoms with Crippen LogP contribution in [0.3, 0.4) is 0 Å². The molecule has 3 saturated carbocycles. The topological polar surface area (TPSA) is 63.6 Å². The van der Waals surface area contributed by atoms with Crippen LogP contribution in [0.25, 0.3) is 0 Å². The molecule has 0 spiro atoms. The molecular weight excluding hydrogens is 314 g/mol. The summed E-state index contributed by atoms with van der Waals surface area (Å²) in [5, 5.41) is 13.6. The lowest BCUT2D eigenvalue weighted by atomic mass is 9.40. The number of rotatable bonds is 2. The van der Waals surface area contributed by atoms with E-state index in [1.54, 1.807) is 4.57 Å². The largest absolute Gasteiger partial charge is 0.347 e. The average molecular weight is 328 g/mol. The van der Waals surface area contributed by atoms with Crippen molar-refractivity contribution in [2.75, 3.05) is 0 Å². The molecule has 1 aromatic heterocycles. The number of halogens is 2. The molecule has 4 aliphatic rings. The molecule has 3 fully saturated rings. The number of hydrogen-bond donors (Lipinski definition) is 0. The van der Waals surface area contributed by atoms with Crippen molar-refractivity contribution in [3.8, 4) is 6.07 Å². The summed E-state index contributed by atoms with van der Waals surface area (Å²) in [6, 6.07) is 5.79. The minimum atomic E-state index is -0.906. The number of aromatic nitrogens is 3. The van der Waals surface area contributed by atoms with Crippen LogP contribution in [0.2, 0.25) is 0 Å². The number of hydrogen-bond acceptors (Lipinski definition) is 3. The van der Waals surface area contributed by atoms with Gasteiger partial charge in [0.25, 0.3) is 0 Å². The van der Waals surface area contributed by atoms with Crippen molar-refractivity contribution < 1.29 is 8.78 Å². The average Bonchev–Trinajstić information content (AvgIpc) is 3.02. The predicted octanol–water partition coefficient (Wildman–Crippen LogP) is 2.26. The first-order valence-corrected chi connectivity index (χ1v) is 8.04. The molecule has 2 aromatic rings. The molecule has 0 radical (unpaired) electrons. The third-order valence-corrected chi connectivity index (χ3v) is 5.85. The molecule has 2 heterocycles. The lowest BCUT2D eigenvalue weighted by molar-refractivity contribution is -0.155. The Morgan fingerprint density at radius 3 is 2.67 bits per heavy atom. The van der Waals surface area contributed by atoms with Crippen molar-refractivity contribution in [2.45, 2.75) is 43.7 Å². The van der Waals surface area contributed by atoms with Crippen LogP contribution in [-0.4, -0.2) is 14.3 Å². The SMILES string of the molecule is N#CC12CC(n3nc4n(c3=O)[C@H](c3ccc(F)c(F)c3)CC4)(C1)C2. The third kappa shape index (κ3) is 1.51.